The smallest absolute Gasteiger partial charge is 0.166 e. The number of aromatic nitrogens is 2. The van der Waals surface area contributed by atoms with Crippen LogP contribution in [-0.2, 0) is 0 Å². The van der Waals surface area contributed by atoms with Crippen LogP contribution in [0, 0.1) is 23.2 Å². The lowest BCUT2D eigenvalue weighted by Gasteiger charge is -2.34. The van der Waals surface area contributed by atoms with E-state index in [4.69, 9.17) is 5.26 Å². The molecule has 1 aliphatic carbocycles. The Morgan fingerprint density at radius 1 is 1.41 bits per heavy atom. The summed E-state index contributed by atoms with van der Waals surface area (Å²) in [5, 5.41) is 20.3. The van der Waals surface area contributed by atoms with Crippen LogP contribution >= 0.6 is 0 Å². The molecule has 4 heteroatoms. The lowest BCUT2D eigenvalue weighted by atomic mass is 9.78. The predicted octanol–water partition coefficient (Wildman–Crippen LogP) is 2.58. The molecule has 1 aliphatic rings. The van der Waals surface area contributed by atoms with Gasteiger partial charge in [-0.3, -0.25) is 0 Å². The summed E-state index contributed by atoms with van der Waals surface area (Å²) in [6.45, 7) is 4.56. The second-order valence-corrected chi connectivity index (χ2v) is 4.92. The first kappa shape index (κ1) is 11.8. The minimum Gasteiger partial charge on any atom is -0.364 e. The average molecular weight is 230 g/mol. The summed E-state index contributed by atoms with van der Waals surface area (Å²) in [5.74, 6) is 1.96. The lowest BCUT2D eigenvalue weighted by Crippen LogP contribution is -2.35. The Morgan fingerprint density at radius 2 is 2.24 bits per heavy atom. The highest BCUT2D eigenvalue weighted by molar-refractivity contribution is 5.50. The summed E-state index contributed by atoms with van der Waals surface area (Å²) in [5.41, 5.74) is 0.574. The first-order chi connectivity index (χ1) is 8.22. The van der Waals surface area contributed by atoms with Crippen molar-refractivity contribution in [2.75, 3.05) is 5.32 Å². The molecule has 0 radical (unpaired) electrons. The topological polar surface area (TPSA) is 61.6 Å². The zero-order valence-electron chi connectivity index (χ0n) is 10.3. The van der Waals surface area contributed by atoms with E-state index in [1.807, 2.05) is 0 Å². The third-order valence-electron chi connectivity index (χ3n) is 3.87. The Kier molecular flexibility index (Phi) is 3.58. The van der Waals surface area contributed by atoms with Crippen molar-refractivity contribution in [3.63, 3.8) is 0 Å². The summed E-state index contributed by atoms with van der Waals surface area (Å²) in [6, 6.07) is 4.25. The van der Waals surface area contributed by atoms with Crippen molar-refractivity contribution >= 4 is 5.82 Å². The van der Waals surface area contributed by atoms with Crippen molar-refractivity contribution in [1.82, 2.24) is 10.2 Å². The Balaban J connectivity index is 2.12. The summed E-state index contributed by atoms with van der Waals surface area (Å²) in [6.07, 6.45) is 5.24. The average Bonchev–Trinajstić information content (AvgIpc) is 2.35. The van der Waals surface area contributed by atoms with E-state index in [1.54, 1.807) is 12.3 Å². The molecule has 2 rings (SSSR count). The number of hydrogen-bond acceptors (Lipinski definition) is 4. The molecule has 1 aromatic rings. The largest absolute Gasteiger partial charge is 0.364 e. The SMILES string of the molecule is CC1CCCC(Nc2nnccc2C#N)C1C. The van der Waals surface area contributed by atoms with Crippen LogP contribution in [0.25, 0.3) is 0 Å². The van der Waals surface area contributed by atoms with Crippen LogP contribution in [0.1, 0.15) is 38.7 Å². The van der Waals surface area contributed by atoms with Crippen molar-refractivity contribution < 1.29 is 0 Å². The second kappa shape index (κ2) is 5.13. The number of nitriles is 1. The van der Waals surface area contributed by atoms with Crippen molar-refractivity contribution in [3.8, 4) is 6.07 Å². The Morgan fingerprint density at radius 3 is 3.00 bits per heavy atom. The molecule has 0 spiro atoms. The first-order valence-corrected chi connectivity index (χ1v) is 6.20. The van der Waals surface area contributed by atoms with Crippen LogP contribution in [-0.4, -0.2) is 16.2 Å². The van der Waals surface area contributed by atoms with Gasteiger partial charge < -0.3 is 5.32 Å². The maximum Gasteiger partial charge on any atom is 0.166 e. The Labute approximate surface area is 102 Å². The third-order valence-corrected chi connectivity index (χ3v) is 3.87. The van der Waals surface area contributed by atoms with Gasteiger partial charge in [-0.2, -0.15) is 10.4 Å². The number of nitrogens with zero attached hydrogens (tertiary/aromatic N) is 3. The number of anilines is 1. The molecule has 0 aromatic carbocycles. The van der Waals surface area contributed by atoms with Gasteiger partial charge in [0, 0.05) is 6.04 Å². The van der Waals surface area contributed by atoms with Gasteiger partial charge in [0.1, 0.15) is 6.07 Å². The van der Waals surface area contributed by atoms with Gasteiger partial charge in [-0.1, -0.05) is 26.7 Å². The van der Waals surface area contributed by atoms with Crippen molar-refractivity contribution in [1.29, 1.82) is 5.26 Å². The molecule has 3 atom stereocenters. The fraction of sp³-hybridized carbons (Fsp3) is 0.615. The van der Waals surface area contributed by atoms with Crippen LogP contribution in [0.4, 0.5) is 5.82 Å². The van der Waals surface area contributed by atoms with E-state index < -0.39 is 0 Å². The van der Waals surface area contributed by atoms with Gasteiger partial charge >= 0.3 is 0 Å². The van der Waals surface area contributed by atoms with Gasteiger partial charge in [-0.25, -0.2) is 0 Å². The van der Waals surface area contributed by atoms with Gasteiger partial charge in [-0.05, 0) is 24.3 Å². The van der Waals surface area contributed by atoms with Crippen molar-refractivity contribution in [2.24, 2.45) is 11.8 Å². The van der Waals surface area contributed by atoms with E-state index in [2.05, 4.69) is 35.4 Å². The van der Waals surface area contributed by atoms with Crippen LogP contribution in [0.3, 0.4) is 0 Å². The van der Waals surface area contributed by atoms with Gasteiger partial charge in [0.05, 0.1) is 11.8 Å². The van der Waals surface area contributed by atoms with Crippen molar-refractivity contribution in [3.05, 3.63) is 17.8 Å². The van der Waals surface area contributed by atoms with Crippen molar-refractivity contribution in [2.45, 2.75) is 39.2 Å². The first-order valence-electron chi connectivity index (χ1n) is 6.20. The summed E-state index contributed by atoms with van der Waals surface area (Å²) < 4.78 is 0. The monoisotopic (exact) mass is 230 g/mol. The van der Waals surface area contributed by atoms with Gasteiger partial charge in [0.25, 0.3) is 0 Å². The molecule has 1 N–H and O–H groups in total. The number of rotatable bonds is 2. The Hall–Kier alpha value is -1.63. The quantitative estimate of drug-likeness (QED) is 0.848. The van der Waals surface area contributed by atoms with Gasteiger partial charge in [-0.15, -0.1) is 5.10 Å². The van der Waals surface area contributed by atoms with Gasteiger partial charge in [0.2, 0.25) is 0 Å². The van der Waals surface area contributed by atoms with Crippen LogP contribution in [0.15, 0.2) is 12.3 Å². The molecule has 90 valence electrons. The second-order valence-electron chi connectivity index (χ2n) is 4.92. The highest BCUT2D eigenvalue weighted by atomic mass is 15.2. The zero-order chi connectivity index (χ0) is 12.3. The maximum atomic E-state index is 9.01. The minimum absolute atomic E-state index is 0.405. The molecular formula is C13H18N4. The predicted molar refractivity (Wildman–Crippen MR) is 66.3 cm³/mol. The van der Waals surface area contributed by atoms with E-state index >= 15 is 0 Å². The fourth-order valence-corrected chi connectivity index (χ4v) is 2.49. The fourth-order valence-electron chi connectivity index (χ4n) is 2.49. The minimum atomic E-state index is 0.405. The van der Waals surface area contributed by atoms with Crippen LogP contribution < -0.4 is 5.32 Å². The van der Waals surface area contributed by atoms with E-state index in [0.29, 0.717) is 23.3 Å². The normalized spacial score (nSPS) is 28.4. The Bertz CT molecular complexity index is 424. The molecule has 17 heavy (non-hydrogen) atoms. The molecule has 0 bridgehead atoms. The summed E-state index contributed by atoms with van der Waals surface area (Å²) >= 11 is 0. The number of hydrogen-bond donors (Lipinski definition) is 1. The van der Waals surface area contributed by atoms with E-state index in [0.717, 1.165) is 12.3 Å². The molecule has 1 heterocycles. The van der Waals surface area contributed by atoms with Crippen LogP contribution in [0.2, 0.25) is 0 Å². The zero-order valence-corrected chi connectivity index (χ0v) is 10.3. The van der Waals surface area contributed by atoms with Gasteiger partial charge in [0.15, 0.2) is 5.82 Å². The standard InChI is InChI=1S/C13H18N4/c1-9-4-3-5-12(10(9)2)16-13-11(8-14)6-7-15-17-13/h6-7,9-10,12H,3-5H2,1-2H3,(H,16,17). The molecular weight excluding hydrogens is 212 g/mol. The maximum absolute atomic E-state index is 9.01. The summed E-state index contributed by atoms with van der Waals surface area (Å²) in [7, 11) is 0. The molecule has 3 unspecified atom stereocenters. The molecule has 4 nitrogen and oxygen atoms in total. The molecule has 1 fully saturated rings. The molecule has 0 amide bonds. The highest BCUT2D eigenvalue weighted by Crippen LogP contribution is 2.31. The van der Waals surface area contributed by atoms with E-state index in [1.165, 1.54) is 12.8 Å². The highest BCUT2D eigenvalue weighted by Gasteiger charge is 2.27. The molecule has 0 aliphatic heterocycles. The molecule has 0 saturated heterocycles. The van der Waals surface area contributed by atoms with E-state index in [-0.39, 0.29) is 0 Å². The summed E-state index contributed by atoms with van der Waals surface area (Å²) in [4.78, 5) is 0. The number of nitrogens with one attached hydrogen (secondary N) is 1. The van der Waals surface area contributed by atoms with Crippen LogP contribution in [0.5, 0.6) is 0 Å². The molecule has 1 saturated carbocycles. The third kappa shape index (κ3) is 2.55. The molecule has 1 aromatic heterocycles. The van der Waals surface area contributed by atoms with E-state index in [9.17, 15) is 0 Å². The lowest BCUT2D eigenvalue weighted by molar-refractivity contribution is 0.252.